The van der Waals surface area contributed by atoms with Crippen LogP contribution < -0.4 is 19.7 Å². The molecule has 120 heavy (non-hydrogen) atoms. The number of pyridine rings is 3. The van der Waals surface area contributed by atoms with Crippen LogP contribution in [0.2, 0.25) is 0 Å². The Kier molecular flexibility index (Phi) is 24.4. The third-order valence-electron chi connectivity index (χ3n) is 22.7. The Labute approximate surface area is 699 Å². The van der Waals surface area contributed by atoms with Crippen LogP contribution in [0.4, 0.5) is 0 Å². The van der Waals surface area contributed by atoms with Gasteiger partial charge in [-0.1, -0.05) is 126 Å². The predicted octanol–water partition coefficient (Wildman–Crippen LogP) is 13.9. The van der Waals surface area contributed by atoms with Crippen LogP contribution >= 0.6 is 0 Å². The fourth-order valence-electron chi connectivity index (χ4n) is 15.2. The number of aryl methyl sites for hydroxylation is 2. The first-order chi connectivity index (χ1) is 57.2. The lowest BCUT2D eigenvalue weighted by Crippen LogP contribution is -2.43. The Balaban J connectivity index is 0.000000149. The molecule has 9 heterocycles. The van der Waals surface area contributed by atoms with E-state index in [0.717, 1.165) is 72.4 Å². The average Bonchev–Trinajstić information content (AvgIpc) is 1.59. The van der Waals surface area contributed by atoms with Crippen LogP contribution in [0, 0.1) is 13.8 Å². The van der Waals surface area contributed by atoms with E-state index in [1.165, 1.54) is 7.94 Å². The molecule has 7 aromatic carbocycles. The molecule has 25 nitrogen and oxygen atoms in total. The molecule has 16 rings (SSSR count). The number of aliphatic carboxylic acids is 1. The number of nitrogens with one attached hydrogen (secondary N) is 1. The molecule has 3 fully saturated rings. The number of aromatic nitrogens is 6. The van der Waals surface area contributed by atoms with Gasteiger partial charge in [-0.25, -0.2) is 56.6 Å². The van der Waals surface area contributed by atoms with Gasteiger partial charge in [-0.15, -0.1) is 0 Å². The number of nitrogens with zero attached hydrogens (tertiary/aromatic N) is 8. The summed E-state index contributed by atoms with van der Waals surface area (Å²) in [6.45, 7) is 13.1. The van der Waals surface area contributed by atoms with Crippen molar-refractivity contribution in [3.8, 4) is 72.9 Å². The minimum Gasteiger partial charge on any atom is -0.496 e. The number of rotatable bonds is 21. The number of para-hydroxylation sites is 3. The van der Waals surface area contributed by atoms with Crippen molar-refractivity contribution < 1.29 is 71.9 Å². The van der Waals surface area contributed by atoms with Crippen LogP contribution in [0.5, 0.6) is 17.2 Å². The van der Waals surface area contributed by atoms with Gasteiger partial charge in [0.25, 0.3) is 20.0 Å². The molecule has 2 unspecified atom stereocenters. The first-order valence-corrected chi connectivity index (χ1v) is 45.6. The number of aromatic amines is 1. The van der Waals surface area contributed by atoms with E-state index >= 15 is 0 Å². The van der Waals surface area contributed by atoms with Gasteiger partial charge >= 0.3 is 13.1 Å². The van der Waals surface area contributed by atoms with E-state index in [1.807, 2.05) is 186 Å². The molecule has 622 valence electrons. The summed E-state index contributed by atoms with van der Waals surface area (Å²) in [7, 11) is -6.42. The summed E-state index contributed by atoms with van der Waals surface area (Å²) < 4.78 is 135. The molecule has 0 spiro atoms. The number of carboxylic acids is 1. The second-order valence-electron chi connectivity index (χ2n) is 31.3. The number of H-pyrrole nitrogens is 1. The average molecular weight is 1700 g/mol. The molecule has 1 amide bonds. The van der Waals surface area contributed by atoms with Crippen LogP contribution in [-0.4, -0.2) is 196 Å². The number of methoxy groups -OCH3 is 3. The number of carboxylic acid groups (broad SMARTS) is 1. The molecule has 13 aromatic rings. The zero-order chi connectivity index (χ0) is 85.4. The highest BCUT2D eigenvalue weighted by Gasteiger charge is 2.52. The molecule has 2 atom stereocenters. The Bertz CT molecular complexity index is 6490. The van der Waals surface area contributed by atoms with Crippen molar-refractivity contribution in [2.24, 2.45) is 0 Å². The van der Waals surface area contributed by atoms with Crippen molar-refractivity contribution in [1.29, 1.82) is 0 Å². The lowest BCUT2D eigenvalue weighted by molar-refractivity contribution is -0.138. The van der Waals surface area contributed by atoms with E-state index in [2.05, 4.69) is 37.0 Å². The number of amides is 1. The minimum atomic E-state index is -4.01. The van der Waals surface area contributed by atoms with E-state index < -0.39 is 70.1 Å². The summed E-state index contributed by atoms with van der Waals surface area (Å²) in [5.41, 5.74) is 12.8. The zero-order valence-corrected chi connectivity index (χ0v) is 71.7. The maximum Gasteiger partial charge on any atom is 0.496 e. The maximum absolute atomic E-state index is 13.9. The minimum absolute atomic E-state index is 0.00527. The number of hydrogen-bond acceptors (Lipinski definition) is 20. The lowest BCUT2D eigenvalue weighted by atomic mass is 9.79. The number of fused-ring (bicyclic) bond motifs is 3. The number of carbonyl (C=O) groups excluding carboxylic acids is 1. The molecule has 3 aliphatic heterocycles. The van der Waals surface area contributed by atoms with Crippen LogP contribution in [0.3, 0.4) is 0 Å². The normalized spacial score (nSPS) is 16.3. The highest BCUT2D eigenvalue weighted by atomic mass is 32.2. The van der Waals surface area contributed by atoms with Crippen molar-refractivity contribution in [2.75, 3.05) is 84.6 Å². The number of hydrogen-bond donors (Lipinski definition) is 2. The zero-order valence-electron chi connectivity index (χ0n) is 68.4. The molecule has 3 saturated heterocycles. The number of benzene rings is 7. The molecule has 3 aliphatic rings. The fraction of sp³-hybridized carbons (Fsp3) is 0.278. The van der Waals surface area contributed by atoms with Gasteiger partial charge in [0.05, 0.1) is 71.8 Å². The van der Waals surface area contributed by atoms with Crippen LogP contribution in [0.15, 0.2) is 235 Å². The van der Waals surface area contributed by atoms with Gasteiger partial charge < -0.3 is 38.5 Å². The Morgan fingerprint density at radius 1 is 0.500 bits per heavy atom. The molecular weight excluding hydrogens is 1600 g/mol. The van der Waals surface area contributed by atoms with Gasteiger partial charge in [0.1, 0.15) is 22.9 Å². The van der Waals surface area contributed by atoms with Gasteiger partial charge in [-0.05, 0) is 137 Å². The van der Waals surface area contributed by atoms with E-state index in [4.69, 9.17) is 23.5 Å². The Hall–Kier alpha value is -11.3. The van der Waals surface area contributed by atoms with Crippen molar-refractivity contribution in [2.45, 2.75) is 87.5 Å². The highest BCUT2D eigenvalue weighted by molar-refractivity contribution is 7.92. The van der Waals surface area contributed by atoms with Crippen molar-refractivity contribution in [3.05, 3.63) is 247 Å². The SMILES string of the molecule is COc1ccccc1-c1c[nH]c2ncc(-c3cccc(C(CC(=O)N(C)C)N4CCS(=O)(=O)CC4)c3)cc12.COc1ccccc1-c1cn(S(=O)(=O)c2ccc(C)cc2)c2ncc(-c3cccc(C(CC(=O)O)N4CCS(=O)(=O)CC4)c3)cc12.COc1ccccc1-c1cn(S(=O)(=O)c2ccc(C)cc2)c2ncc(B3OC(C)(C)C(C)(C)O3)cc12. The quantitative estimate of drug-likeness (QED) is 0.0631. The second-order valence-corrected chi connectivity index (χ2v) is 39.5. The molecule has 6 aromatic heterocycles. The van der Waals surface area contributed by atoms with Crippen LogP contribution in [0.25, 0.3) is 88.7 Å². The highest BCUT2D eigenvalue weighted by Crippen LogP contribution is 2.44. The first kappa shape index (κ1) is 85.1. The summed E-state index contributed by atoms with van der Waals surface area (Å²) in [6.07, 6.45) is 10.3. The summed E-state index contributed by atoms with van der Waals surface area (Å²) in [5, 5.41) is 11.9. The molecular formula is C90H94BN9O16S4. The fourth-order valence-corrected chi connectivity index (χ4v) is 20.3. The smallest absolute Gasteiger partial charge is 0.496 e. The van der Waals surface area contributed by atoms with E-state index in [1.54, 1.807) is 114 Å². The molecule has 0 bridgehead atoms. The topological polar surface area (TPSA) is 311 Å². The maximum atomic E-state index is 13.9. The first-order valence-electron chi connectivity index (χ1n) is 39.1. The van der Waals surface area contributed by atoms with Crippen molar-refractivity contribution >= 4 is 97.3 Å². The monoisotopic (exact) mass is 1700 g/mol. The molecule has 30 heteroatoms. The molecule has 0 aliphatic carbocycles. The third kappa shape index (κ3) is 17.8. The summed E-state index contributed by atoms with van der Waals surface area (Å²) in [4.78, 5) is 47.8. The van der Waals surface area contributed by atoms with Crippen LogP contribution in [-0.2, 0) is 58.6 Å². The van der Waals surface area contributed by atoms with Gasteiger partial charge in [-0.3, -0.25) is 19.4 Å². The summed E-state index contributed by atoms with van der Waals surface area (Å²) >= 11 is 0. The van der Waals surface area contributed by atoms with Gasteiger partial charge in [0.15, 0.2) is 31.0 Å². The number of ether oxygens (including phenoxy) is 3. The van der Waals surface area contributed by atoms with E-state index in [-0.39, 0.29) is 76.3 Å². The van der Waals surface area contributed by atoms with Gasteiger partial charge in [-0.2, -0.15) is 0 Å². The van der Waals surface area contributed by atoms with Crippen molar-refractivity contribution in [3.63, 3.8) is 0 Å². The summed E-state index contributed by atoms with van der Waals surface area (Å²) in [5.74, 6) is 1.20. The second kappa shape index (κ2) is 34.4. The number of carbonyl (C=O) groups is 2. The molecule has 2 N–H and O–H groups in total. The molecule has 0 saturated carbocycles. The van der Waals surface area contributed by atoms with E-state index in [9.17, 15) is 48.4 Å². The van der Waals surface area contributed by atoms with E-state index in [0.29, 0.717) is 68.7 Å². The predicted molar refractivity (Wildman–Crippen MR) is 467 cm³/mol. The van der Waals surface area contributed by atoms with Crippen molar-refractivity contribution in [1.82, 2.24) is 42.6 Å². The number of sulfone groups is 2. The summed E-state index contributed by atoms with van der Waals surface area (Å²) in [6, 6.07) is 56.9. The Morgan fingerprint density at radius 2 is 0.900 bits per heavy atom. The standard InChI is InChI=1S/C34H33N3O7S2.C29H32N4O4S.C27H29BN2O5S/c1-23-10-12-27(13-11-23)46(42,43)37-22-30(28-8-3-4-9-32(28)44-2)29-19-26(21-35-34(29)37)24-6-5-7-25(18-24)31(20-33(38)39)36-14-16-45(40,41)17-15-36;1-32(2)28(34)17-26(33-11-13-38(35,36)14-12-33)21-8-6-7-20(15-21)22-16-24-25(19-31-29(24)30-18-22)23-9-4-5-10-27(23)37-3;1-18-11-13-20(14-12-18)36(31,32)30-17-23(21-9-7-8-10-24(21)33-6)22-15-19(16-29-25(22)30)28-34-26(2,3)27(4,5)35-28/h3-13,18-19,21-22,31H,14-17,20H2,1-2H3,(H,38,39);4-10,15-16,18-19,26H,11-14,17H2,1-3H3,(H,30,31);7-17H,1-6H3. The third-order valence-corrected chi connectivity index (χ3v) is 29.3. The van der Waals surface area contributed by atoms with Gasteiger partial charge in [0, 0.05) is 162 Å². The van der Waals surface area contributed by atoms with Gasteiger partial charge in [0.2, 0.25) is 5.91 Å². The lowest BCUT2D eigenvalue weighted by Gasteiger charge is -2.35. The molecule has 0 radical (unpaired) electrons. The largest absolute Gasteiger partial charge is 0.496 e. The van der Waals surface area contributed by atoms with Crippen LogP contribution in [0.1, 0.15) is 74.9 Å². The Morgan fingerprint density at radius 3 is 1.33 bits per heavy atom.